The molecule has 23 heavy (non-hydrogen) atoms. The van der Waals surface area contributed by atoms with Crippen LogP contribution in [0.15, 0.2) is 0 Å². The summed E-state index contributed by atoms with van der Waals surface area (Å²) in [5.41, 5.74) is 5.44. The van der Waals surface area contributed by atoms with E-state index in [4.69, 9.17) is 10.8 Å². The molecule has 0 aromatic carbocycles. The van der Waals surface area contributed by atoms with Gasteiger partial charge in [-0.1, -0.05) is 0 Å². The van der Waals surface area contributed by atoms with E-state index in [-0.39, 0.29) is 12.3 Å². The molecule has 5 N–H and O–H groups in total. The second kappa shape index (κ2) is 8.73. The number of rotatable bonds is 7. The normalized spacial score (nSPS) is 19.8. The predicted molar refractivity (Wildman–Crippen MR) is 84.8 cm³/mol. The van der Waals surface area contributed by atoms with Crippen LogP contribution in [0.2, 0.25) is 0 Å². The molecule has 0 spiro atoms. The van der Waals surface area contributed by atoms with E-state index in [1.807, 2.05) is 0 Å². The molecule has 1 aliphatic rings. The first-order chi connectivity index (χ1) is 10.8. The number of carboxylic acids is 1. The maximum Gasteiger partial charge on any atom is 0.326 e. The fourth-order valence-corrected chi connectivity index (χ4v) is 2.44. The van der Waals surface area contributed by atoms with Crippen molar-refractivity contribution in [3.8, 4) is 0 Å². The maximum absolute atomic E-state index is 12.2. The van der Waals surface area contributed by atoms with Gasteiger partial charge in [0.2, 0.25) is 17.7 Å². The van der Waals surface area contributed by atoms with Gasteiger partial charge in [-0.25, -0.2) is 4.79 Å². The highest BCUT2D eigenvalue weighted by atomic mass is 32.1. The largest absolute Gasteiger partial charge is 0.480 e. The summed E-state index contributed by atoms with van der Waals surface area (Å²) in [7, 11) is 0. The third-order valence-electron chi connectivity index (χ3n) is 3.53. The molecule has 0 radical (unpaired) electrons. The second-order valence-corrected chi connectivity index (χ2v) is 5.69. The summed E-state index contributed by atoms with van der Waals surface area (Å²) >= 11 is 3.87. The summed E-state index contributed by atoms with van der Waals surface area (Å²) in [6.07, 6.45) is 1.01. The standard InChI is InChI=1S/C13H22N4O5S/c1-7(12(20)17-4-2-3-9(17)13(21)22)16-10(18)5-15-11(19)8(14)6-23/h7-9,23H,2-6,14H2,1H3,(H,15,19)(H,16,18)(H,21,22). The van der Waals surface area contributed by atoms with Crippen molar-refractivity contribution >= 4 is 36.3 Å². The highest BCUT2D eigenvalue weighted by Crippen LogP contribution is 2.18. The van der Waals surface area contributed by atoms with Gasteiger partial charge in [0.15, 0.2) is 0 Å². The van der Waals surface area contributed by atoms with E-state index < -0.39 is 41.8 Å². The van der Waals surface area contributed by atoms with Crippen LogP contribution in [-0.2, 0) is 19.2 Å². The lowest BCUT2D eigenvalue weighted by atomic mass is 10.2. The van der Waals surface area contributed by atoms with Gasteiger partial charge in [-0.15, -0.1) is 0 Å². The number of nitrogens with zero attached hydrogens (tertiary/aromatic N) is 1. The lowest BCUT2D eigenvalue weighted by Crippen LogP contribution is -2.52. The van der Waals surface area contributed by atoms with E-state index in [2.05, 4.69) is 23.3 Å². The lowest BCUT2D eigenvalue weighted by Gasteiger charge is -2.25. The second-order valence-electron chi connectivity index (χ2n) is 5.32. The van der Waals surface area contributed by atoms with Crippen LogP contribution in [-0.4, -0.2) is 70.7 Å². The number of hydrogen-bond acceptors (Lipinski definition) is 6. The molecule has 0 saturated carbocycles. The van der Waals surface area contributed by atoms with Crippen LogP contribution in [0.25, 0.3) is 0 Å². The number of hydrogen-bond donors (Lipinski definition) is 5. The van der Waals surface area contributed by atoms with Gasteiger partial charge in [0.25, 0.3) is 0 Å². The monoisotopic (exact) mass is 346 g/mol. The predicted octanol–water partition coefficient (Wildman–Crippen LogP) is -2.06. The van der Waals surface area contributed by atoms with Crippen molar-refractivity contribution in [3.63, 3.8) is 0 Å². The van der Waals surface area contributed by atoms with Crippen molar-refractivity contribution in [1.82, 2.24) is 15.5 Å². The Morgan fingerprint density at radius 2 is 2.04 bits per heavy atom. The van der Waals surface area contributed by atoms with Crippen LogP contribution in [0, 0.1) is 0 Å². The highest BCUT2D eigenvalue weighted by Gasteiger charge is 2.36. The Hall–Kier alpha value is -1.81. The Kier molecular flexibility index (Phi) is 7.30. The Labute approximate surface area is 139 Å². The summed E-state index contributed by atoms with van der Waals surface area (Å²) in [5, 5.41) is 13.8. The average Bonchev–Trinajstić information content (AvgIpc) is 3.00. The molecule has 0 bridgehead atoms. The topological polar surface area (TPSA) is 142 Å². The van der Waals surface area contributed by atoms with Crippen molar-refractivity contribution in [1.29, 1.82) is 0 Å². The lowest BCUT2D eigenvalue weighted by molar-refractivity contribution is -0.149. The molecule has 0 aromatic heterocycles. The molecular formula is C13H22N4O5S. The molecule has 1 heterocycles. The van der Waals surface area contributed by atoms with Crippen LogP contribution in [0.1, 0.15) is 19.8 Å². The van der Waals surface area contributed by atoms with Crippen LogP contribution < -0.4 is 16.4 Å². The summed E-state index contributed by atoms with van der Waals surface area (Å²) in [6.45, 7) is 1.50. The molecule has 0 aromatic rings. The first-order valence-electron chi connectivity index (χ1n) is 7.24. The van der Waals surface area contributed by atoms with Gasteiger partial charge in [0, 0.05) is 12.3 Å². The van der Waals surface area contributed by atoms with Crippen LogP contribution in [0.3, 0.4) is 0 Å². The number of aliphatic carboxylic acids is 1. The van der Waals surface area contributed by atoms with Crippen molar-refractivity contribution < 1.29 is 24.3 Å². The maximum atomic E-state index is 12.2. The van der Waals surface area contributed by atoms with Gasteiger partial charge in [0.05, 0.1) is 12.6 Å². The summed E-state index contributed by atoms with van der Waals surface area (Å²) < 4.78 is 0. The molecule has 3 atom stereocenters. The number of nitrogens with two attached hydrogens (primary N) is 1. The minimum Gasteiger partial charge on any atom is -0.480 e. The van der Waals surface area contributed by atoms with Gasteiger partial charge in [-0.05, 0) is 19.8 Å². The van der Waals surface area contributed by atoms with Crippen molar-refractivity contribution in [2.24, 2.45) is 5.73 Å². The van der Waals surface area contributed by atoms with Gasteiger partial charge < -0.3 is 26.4 Å². The van der Waals surface area contributed by atoms with Crippen molar-refractivity contribution in [2.45, 2.75) is 37.9 Å². The third kappa shape index (κ3) is 5.39. The van der Waals surface area contributed by atoms with E-state index in [0.29, 0.717) is 19.4 Å². The Bertz CT molecular complexity index is 487. The smallest absolute Gasteiger partial charge is 0.326 e. The van der Waals surface area contributed by atoms with E-state index in [1.54, 1.807) is 0 Å². The zero-order valence-electron chi connectivity index (χ0n) is 12.8. The van der Waals surface area contributed by atoms with Crippen molar-refractivity contribution in [2.75, 3.05) is 18.8 Å². The van der Waals surface area contributed by atoms with E-state index in [1.165, 1.54) is 11.8 Å². The first-order valence-corrected chi connectivity index (χ1v) is 7.88. The first kappa shape index (κ1) is 19.2. The van der Waals surface area contributed by atoms with Crippen LogP contribution >= 0.6 is 12.6 Å². The molecule has 1 aliphatic heterocycles. The van der Waals surface area contributed by atoms with Crippen molar-refractivity contribution in [3.05, 3.63) is 0 Å². The fourth-order valence-electron chi connectivity index (χ4n) is 2.27. The average molecular weight is 346 g/mol. The molecule has 3 unspecified atom stereocenters. The highest BCUT2D eigenvalue weighted by molar-refractivity contribution is 7.80. The van der Waals surface area contributed by atoms with Gasteiger partial charge in [-0.2, -0.15) is 12.6 Å². The Morgan fingerprint density at radius 1 is 1.39 bits per heavy atom. The SMILES string of the molecule is CC(NC(=O)CNC(=O)C(N)CS)C(=O)N1CCCC1C(=O)O. The number of carbonyl (C=O) groups is 4. The molecule has 0 aliphatic carbocycles. The molecular weight excluding hydrogens is 324 g/mol. The quantitative estimate of drug-likeness (QED) is 0.336. The zero-order valence-corrected chi connectivity index (χ0v) is 13.7. The van der Waals surface area contributed by atoms with Gasteiger partial charge >= 0.3 is 5.97 Å². The number of thiol groups is 1. The summed E-state index contributed by atoms with van der Waals surface area (Å²) in [6, 6.07) is -2.54. The molecule has 1 rings (SSSR count). The molecule has 10 heteroatoms. The number of likely N-dealkylation sites (tertiary alicyclic amines) is 1. The molecule has 130 valence electrons. The molecule has 3 amide bonds. The van der Waals surface area contributed by atoms with Crippen LogP contribution in [0.4, 0.5) is 0 Å². The molecule has 9 nitrogen and oxygen atoms in total. The molecule has 1 fully saturated rings. The Morgan fingerprint density at radius 3 is 2.61 bits per heavy atom. The number of nitrogens with one attached hydrogen (secondary N) is 2. The van der Waals surface area contributed by atoms with Gasteiger partial charge in [-0.3, -0.25) is 14.4 Å². The summed E-state index contributed by atoms with van der Waals surface area (Å²) in [5.74, 6) is -2.44. The fraction of sp³-hybridized carbons (Fsp3) is 0.692. The minimum absolute atomic E-state index is 0.147. The number of carbonyl (C=O) groups excluding carboxylic acids is 3. The number of amides is 3. The minimum atomic E-state index is -1.05. The van der Waals surface area contributed by atoms with E-state index >= 15 is 0 Å². The summed E-state index contributed by atoms with van der Waals surface area (Å²) in [4.78, 5) is 47.7. The number of carboxylic acid groups (broad SMARTS) is 1. The molecule has 1 saturated heterocycles. The zero-order chi connectivity index (χ0) is 17.6. The Balaban J connectivity index is 2.47. The van der Waals surface area contributed by atoms with Crippen LogP contribution in [0.5, 0.6) is 0 Å². The third-order valence-corrected chi connectivity index (χ3v) is 3.92. The van der Waals surface area contributed by atoms with Gasteiger partial charge in [0.1, 0.15) is 12.1 Å². The van der Waals surface area contributed by atoms with E-state index in [0.717, 1.165) is 0 Å². The van der Waals surface area contributed by atoms with E-state index in [9.17, 15) is 19.2 Å².